The van der Waals surface area contributed by atoms with E-state index in [9.17, 15) is 0 Å². The van der Waals surface area contributed by atoms with E-state index >= 15 is 0 Å². The molecule has 80 valence electrons. The maximum atomic E-state index is 5.86. The Labute approximate surface area is 93.0 Å². The Morgan fingerprint density at radius 1 is 1.40 bits per heavy atom. The van der Waals surface area contributed by atoms with Gasteiger partial charge >= 0.3 is 0 Å². The molecule has 0 amide bonds. The number of rotatable bonds is 3. The molecule has 4 heteroatoms. The number of fused-ring (bicyclic) bond motifs is 1. The average Bonchev–Trinajstić information content (AvgIpc) is 2.57. The lowest BCUT2D eigenvalue weighted by Gasteiger charge is -2.17. The van der Waals surface area contributed by atoms with E-state index in [1.807, 2.05) is 38.1 Å². The summed E-state index contributed by atoms with van der Waals surface area (Å²) in [5.74, 6) is 0. The van der Waals surface area contributed by atoms with Crippen molar-refractivity contribution in [2.24, 2.45) is 5.73 Å². The highest BCUT2D eigenvalue weighted by atomic mass is 32.1. The highest BCUT2D eigenvalue weighted by molar-refractivity contribution is 7.09. The Morgan fingerprint density at radius 2 is 2.13 bits per heavy atom. The molecule has 0 saturated carbocycles. The van der Waals surface area contributed by atoms with E-state index in [2.05, 4.69) is 4.37 Å². The van der Waals surface area contributed by atoms with Gasteiger partial charge < -0.3 is 10.5 Å². The second-order valence-electron chi connectivity index (χ2n) is 4.26. The third kappa shape index (κ3) is 2.46. The van der Waals surface area contributed by atoms with Crippen LogP contribution in [-0.2, 0) is 0 Å². The van der Waals surface area contributed by atoms with Crippen LogP contribution in [0.4, 0.5) is 0 Å². The summed E-state index contributed by atoms with van der Waals surface area (Å²) in [6, 6.07) is 7.94. The van der Waals surface area contributed by atoms with E-state index in [1.165, 1.54) is 11.5 Å². The van der Waals surface area contributed by atoms with E-state index < -0.39 is 0 Å². The largest absolute Gasteiger partial charge is 0.480 e. The number of aromatic nitrogens is 1. The van der Waals surface area contributed by atoms with Crippen molar-refractivity contribution in [1.29, 1.82) is 0 Å². The molecule has 0 aliphatic rings. The molecule has 2 N–H and O–H groups in total. The zero-order chi connectivity index (χ0) is 10.9. The van der Waals surface area contributed by atoms with Crippen molar-refractivity contribution >= 4 is 22.4 Å². The molecule has 2 rings (SSSR count). The van der Waals surface area contributed by atoms with Gasteiger partial charge in [0, 0.05) is 17.1 Å². The molecular formula is C11H14N2OS. The Kier molecular flexibility index (Phi) is 2.63. The summed E-state index contributed by atoms with van der Waals surface area (Å²) >= 11 is 1.38. The number of nitrogens with zero attached hydrogens (tertiary/aromatic N) is 1. The molecule has 0 saturated heterocycles. The number of benzene rings is 1. The molecule has 0 radical (unpaired) electrons. The Bertz CT molecular complexity index is 459. The van der Waals surface area contributed by atoms with Crippen LogP contribution in [0.3, 0.4) is 0 Å². The Morgan fingerprint density at radius 3 is 2.87 bits per heavy atom. The molecule has 1 aromatic heterocycles. The second-order valence-corrected chi connectivity index (χ2v) is 5.00. The third-order valence-corrected chi connectivity index (χ3v) is 2.72. The third-order valence-electron chi connectivity index (χ3n) is 1.93. The van der Waals surface area contributed by atoms with Crippen molar-refractivity contribution in [3.8, 4) is 5.06 Å². The van der Waals surface area contributed by atoms with E-state index in [4.69, 9.17) is 10.5 Å². The quantitative estimate of drug-likeness (QED) is 0.867. The lowest BCUT2D eigenvalue weighted by Crippen LogP contribution is -2.38. The highest BCUT2D eigenvalue weighted by Gasteiger charge is 2.13. The topological polar surface area (TPSA) is 48.1 Å². The van der Waals surface area contributed by atoms with E-state index in [0.717, 1.165) is 16.0 Å². The van der Waals surface area contributed by atoms with Gasteiger partial charge in [0.05, 0.1) is 10.9 Å². The van der Waals surface area contributed by atoms with Gasteiger partial charge in [0.25, 0.3) is 0 Å². The molecule has 15 heavy (non-hydrogen) atoms. The molecule has 2 aromatic rings. The summed E-state index contributed by atoms with van der Waals surface area (Å²) in [5.41, 5.74) is 6.52. The Hall–Kier alpha value is -1.13. The Balaban J connectivity index is 2.22. The lowest BCUT2D eigenvalue weighted by atomic mass is 10.1. The number of ether oxygens (including phenoxy) is 1. The van der Waals surface area contributed by atoms with Crippen molar-refractivity contribution in [2.45, 2.75) is 19.4 Å². The summed E-state index contributed by atoms with van der Waals surface area (Å²) < 4.78 is 9.95. The predicted molar refractivity (Wildman–Crippen MR) is 63.4 cm³/mol. The second kappa shape index (κ2) is 3.79. The van der Waals surface area contributed by atoms with Crippen LogP contribution in [0, 0.1) is 0 Å². The van der Waals surface area contributed by atoms with Crippen molar-refractivity contribution < 1.29 is 4.74 Å². The first kappa shape index (κ1) is 10.4. The average molecular weight is 222 g/mol. The fraction of sp³-hybridized carbons (Fsp3) is 0.364. The van der Waals surface area contributed by atoms with Gasteiger partial charge in [-0.1, -0.05) is 12.1 Å². The smallest absolute Gasteiger partial charge is 0.201 e. The van der Waals surface area contributed by atoms with Crippen LogP contribution in [0.2, 0.25) is 0 Å². The molecule has 3 nitrogen and oxygen atoms in total. The minimum Gasteiger partial charge on any atom is -0.480 e. The molecule has 0 bridgehead atoms. The SMILES string of the molecule is CC(C)(N)COc1snc2ccccc12. The molecular weight excluding hydrogens is 208 g/mol. The molecule has 1 heterocycles. The highest BCUT2D eigenvalue weighted by Crippen LogP contribution is 2.29. The van der Waals surface area contributed by atoms with Crippen LogP contribution in [0.1, 0.15) is 13.8 Å². The van der Waals surface area contributed by atoms with Crippen molar-refractivity contribution in [1.82, 2.24) is 4.37 Å². The van der Waals surface area contributed by atoms with Crippen molar-refractivity contribution in [2.75, 3.05) is 6.61 Å². The van der Waals surface area contributed by atoms with Crippen molar-refractivity contribution in [3.05, 3.63) is 24.3 Å². The molecule has 0 aliphatic carbocycles. The first-order valence-corrected chi connectivity index (χ1v) is 5.60. The summed E-state index contributed by atoms with van der Waals surface area (Å²) in [7, 11) is 0. The maximum Gasteiger partial charge on any atom is 0.201 e. The summed E-state index contributed by atoms with van der Waals surface area (Å²) in [6.07, 6.45) is 0. The van der Waals surface area contributed by atoms with Crippen LogP contribution in [0.15, 0.2) is 24.3 Å². The van der Waals surface area contributed by atoms with E-state index in [0.29, 0.717) is 6.61 Å². The first-order valence-electron chi connectivity index (χ1n) is 4.82. The minimum absolute atomic E-state index is 0.314. The minimum atomic E-state index is -0.314. The number of hydrogen-bond acceptors (Lipinski definition) is 4. The monoisotopic (exact) mass is 222 g/mol. The van der Waals surface area contributed by atoms with Gasteiger partial charge in [-0.15, -0.1) is 0 Å². The molecule has 1 aromatic carbocycles. The first-order chi connectivity index (χ1) is 7.06. The zero-order valence-corrected chi connectivity index (χ0v) is 9.67. The van der Waals surface area contributed by atoms with Gasteiger partial charge in [0.15, 0.2) is 0 Å². The van der Waals surface area contributed by atoms with Crippen LogP contribution in [0.5, 0.6) is 5.06 Å². The zero-order valence-electron chi connectivity index (χ0n) is 8.86. The molecule has 0 unspecified atom stereocenters. The summed E-state index contributed by atoms with van der Waals surface area (Å²) in [6.45, 7) is 4.38. The van der Waals surface area contributed by atoms with Gasteiger partial charge in [-0.25, -0.2) is 0 Å². The van der Waals surface area contributed by atoms with E-state index in [-0.39, 0.29) is 5.54 Å². The molecule has 0 aliphatic heterocycles. The molecule has 0 spiro atoms. The molecule has 0 fully saturated rings. The number of hydrogen-bond donors (Lipinski definition) is 1. The van der Waals surface area contributed by atoms with Gasteiger partial charge in [-0.3, -0.25) is 0 Å². The fourth-order valence-corrected chi connectivity index (χ4v) is 1.94. The van der Waals surface area contributed by atoms with Crippen LogP contribution in [-0.4, -0.2) is 16.5 Å². The van der Waals surface area contributed by atoms with Gasteiger partial charge in [0.1, 0.15) is 6.61 Å². The van der Waals surface area contributed by atoms with Crippen LogP contribution >= 0.6 is 11.5 Å². The summed E-state index contributed by atoms with van der Waals surface area (Å²) in [5, 5.41) is 1.91. The van der Waals surface area contributed by atoms with Gasteiger partial charge in [-0.2, -0.15) is 4.37 Å². The maximum absolute atomic E-state index is 5.86. The number of nitrogens with two attached hydrogens (primary N) is 1. The lowest BCUT2D eigenvalue weighted by molar-refractivity contribution is 0.252. The van der Waals surface area contributed by atoms with Crippen LogP contribution in [0.25, 0.3) is 10.9 Å². The standard InChI is InChI=1S/C11H14N2OS/c1-11(2,12)7-14-10-8-5-3-4-6-9(8)13-15-10/h3-6H,7,12H2,1-2H3. The van der Waals surface area contributed by atoms with E-state index in [1.54, 1.807) is 0 Å². The van der Waals surface area contributed by atoms with Gasteiger partial charge in [-0.05, 0) is 26.0 Å². The van der Waals surface area contributed by atoms with Gasteiger partial charge in [0.2, 0.25) is 5.06 Å². The predicted octanol–water partition coefficient (Wildman–Crippen LogP) is 2.41. The summed E-state index contributed by atoms with van der Waals surface area (Å²) in [4.78, 5) is 0. The molecule has 0 atom stereocenters. The van der Waals surface area contributed by atoms with Crippen molar-refractivity contribution in [3.63, 3.8) is 0 Å². The van der Waals surface area contributed by atoms with Crippen LogP contribution < -0.4 is 10.5 Å². The fourth-order valence-electron chi connectivity index (χ4n) is 1.22. The normalized spacial score (nSPS) is 11.9.